The second-order valence-corrected chi connectivity index (χ2v) is 6.50. The Morgan fingerprint density at radius 3 is 2.24 bits per heavy atom. The normalized spacial score (nSPS) is 27.2. The summed E-state index contributed by atoms with van der Waals surface area (Å²) in [7, 11) is 2.20. The van der Waals surface area contributed by atoms with Gasteiger partial charge < -0.3 is 5.32 Å². The zero-order valence-electron chi connectivity index (χ0n) is 11.9. The molecule has 100 valence electrons. The highest BCUT2D eigenvalue weighted by molar-refractivity contribution is 4.94. The van der Waals surface area contributed by atoms with E-state index >= 15 is 0 Å². The summed E-state index contributed by atoms with van der Waals surface area (Å²) in [6, 6.07) is 0.790. The van der Waals surface area contributed by atoms with Crippen molar-refractivity contribution in [1.29, 1.82) is 0 Å². The summed E-state index contributed by atoms with van der Waals surface area (Å²) in [6.07, 6.45) is 16.2. The molecular weight excluding hydrogens is 206 g/mol. The van der Waals surface area contributed by atoms with E-state index in [0.717, 1.165) is 12.0 Å². The van der Waals surface area contributed by atoms with E-state index in [1.165, 1.54) is 70.6 Å². The molecule has 0 saturated heterocycles. The van der Waals surface area contributed by atoms with Crippen molar-refractivity contribution < 1.29 is 0 Å². The first-order valence-electron chi connectivity index (χ1n) is 7.98. The summed E-state index contributed by atoms with van der Waals surface area (Å²) in [4.78, 5) is 0. The molecule has 2 aliphatic carbocycles. The Labute approximate surface area is 108 Å². The first-order chi connectivity index (χ1) is 8.30. The van der Waals surface area contributed by atoms with E-state index in [-0.39, 0.29) is 0 Å². The van der Waals surface area contributed by atoms with Gasteiger partial charge in [0.05, 0.1) is 0 Å². The molecule has 0 heterocycles. The average Bonchev–Trinajstić information content (AvgIpc) is 2.87. The van der Waals surface area contributed by atoms with Crippen molar-refractivity contribution in [3.8, 4) is 0 Å². The van der Waals surface area contributed by atoms with Crippen LogP contribution in [0.15, 0.2) is 0 Å². The van der Waals surface area contributed by atoms with Crippen molar-refractivity contribution in [2.75, 3.05) is 7.05 Å². The van der Waals surface area contributed by atoms with Gasteiger partial charge in [0.1, 0.15) is 0 Å². The molecule has 0 amide bonds. The van der Waals surface area contributed by atoms with Crippen molar-refractivity contribution in [2.24, 2.45) is 11.3 Å². The van der Waals surface area contributed by atoms with Crippen LogP contribution in [0.4, 0.5) is 0 Å². The van der Waals surface area contributed by atoms with Gasteiger partial charge in [-0.1, -0.05) is 51.9 Å². The van der Waals surface area contributed by atoms with E-state index in [1.807, 2.05) is 0 Å². The molecule has 2 rings (SSSR count). The fourth-order valence-electron chi connectivity index (χ4n) is 4.46. The Morgan fingerprint density at radius 1 is 1.06 bits per heavy atom. The molecule has 0 aliphatic heterocycles. The summed E-state index contributed by atoms with van der Waals surface area (Å²) < 4.78 is 0. The van der Waals surface area contributed by atoms with E-state index in [2.05, 4.69) is 19.3 Å². The lowest BCUT2D eigenvalue weighted by molar-refractivity contribution is 0.154. The minimum absolute atomic E-state index is 0.645. The summed E-state index contributed by atoms with van der Waals surface area (Å²) in [5.41, 5.74) is 0.645. The lowest BCUT2D eigenvalue weighted by Gasteiger charge is -2.39. The fraction of sp³-hybridized carbons (Fsp3) is 1.00. The van der Waals surface area contributed by atoms with Crippen molar-refractivity contribution in [3.05, 3.63) is 0 Å². The predicted octanol–water partition coefficient (Wildman–Crippen LogP) is 4.52. The van der Waals surface area contributed by atoms with Crippen LogP contribution in [0.2, 0.25) is 0 Å². The third-order valence-corrected chi connectivity index (χ3v) is 5.68. The molecule has 1 N–H and O–H groups in total. The molecule has 0 aromatic heterocycles. The van der Waals surface area contributed by atoms with Crippen molar-refractivity contribution >= 4 is 0 Å². The first-order valence-corrected chi connectivity index (χ1v) is 7.98. The average molecular weight is 237 g/mol. The third kappa shape index (κ3) is 3.05. The highest BCUT2D eigenvalue weighted by Gasteiger charge is 2.39. The van der Waals surface area contributed by atoms with Gasteiger partial charge in [-0.05, 0) is 44.1 Å². The third-order valence-electron chi connectivity index (χ3n) is 5.68. The zero-order chi connectivity index (χ0) is 12.1. The number of rotatable bonds is 5. The molecular formula is C16H31N. The molecule has 1 atom stereocenters. The molecule has 2 fully saturated rings. The van der Waals surface area contributed by atoms with E-state index in [1.54, 1.807) is 0 Å². The molecule has 0 aromatic carbocycles. The second-order valence-electron chi connectivity index (χ2n) is 6.50. The molecule has 0 radical (unpaired) electrons. The maximum atomic E-state index is 3.68. The molecule has 1 nitrogen and oxygen atoms in total. The number of hydrogen-bond acceptors (Lipinski definition) is 1. The fourth-order valence-corrected chi connectivity index (χ4v) is 4.46. The van der Waals surface area contributed by atoms with Crippen LogP contribution < -0.4 is 5.32 Å². The van der Waals surface area contributed by atoms with E-state index in [0.29, 0.717) is 5.41 Å². The van der Waals surface area contributed by atoms with Crippen molar-refractivity contribution in [3.63, 3.8) is 0 Å². The molecule has 17 heavy (non-hydrogen) atoms. The lowest BCUT2D eigenvalue weighted by atomic mass is 9.71. The quantitative estimate of drug-likeness (QED) is 0.741. The molecule has 2 aliphatic rings. The van der Waals surface area contributed by atoms with Gasteiger partial charge in [-0.2, -0.15) is 0 Å². The van der Waals surface area contributed by atoms with Crippen LogP contribution in [0.1, 0.15) is 77.6 Å². The summed E-state index contributed by atoms with van der Waals surface area (Å²) >= 11 is 0. The van der Waals surface area contributed by atoms with Gasteiger partial charge in [-0.3, -0.25) is 0 Å². The Hall–Kier alpha value is -0.0400. The van der Waals surface area contributed by atoms with Crippen LogP contribution in [-0.2, 0) is 0 Å². The Balaban J connectivity index is 1.94. The Morgan fingerprint density at radius 2 is 1.71 bits per heavy atom. The monoisotopic (exact) mass is 237 g/mol. The molecule has 0 aromatic rings. The molecule has 1 heteroatoms. The molecule has 0 bridgehead atoms. The van der Waals surface area contributed by atoms with E-state index in [9.17, 15) is 0 Å². The van der Waals surface area contributed by atoms with Crippen LogP contribution in [0.25, 0.3) is 0 Å². The topological polar surface area (TPSA) is 12.0 Å². The molecule has 1 unspecified atom stereocenters. The van der Waals surface area contributed by atoms with Gasteiger partial charge in [-0.15, -0.1) is 0 Å². The van der Waals surface area contributed by atoms with Crippen molar-refractivity contribution in [1.82, 2.24) is 5.32 Å². The van der Waals surface area contributed by atoms with Gasteiger partial charge in [-0.25, -0.2) is 0 Å². The van der Waals surface area contributed by atoms with E-state index < -0.39 is 0 Å². The van der Waals surface area contributed by atoms with E-state index in [4.69, 9.17) is 0 Å². The van der Waals surface area contributed by atoms with Gasteiger partial charge in [0.25, 0.3) is 0 Å². The summed E-state index contributed by atoms with van der Waals surface area (Å²) in [6.45, 7) is 2.41. The van der Waals surface area contributed by atoms with Gasteiger partial charge >= 0.3 is 0 Å². The van der Waals surface area contributed by atoms with Gasteiger partial charge in [0.2, 0.25) is 0 Å². The minimum Gasteiger partial charge on any atom is -0.316 e. The zero-order valence-corrected chi connectivity index (χ0v) is 11.9. The van der Waals surface area contributed by atoms with Crippen LogP contribution in [0, 0.1) is 11.3 Å². The number of hydrogen-bond donors (Lipinski definition) is 1. The Kier molecular flexibility index (Phi) is 4.90. The highest BCUT2D eigenvalue weighted by Crippen LogP contribution is 2.46. The maximum Gasteiger partial charge on any atom is 0.0123 e. The minimum atomic E-state index is 0.645. The molecule has 0 spiro atoms. The SMILES string of the molecule is CCC1(C(CC2CCCCC2)NC)CCCC1. The summed E-state index contributed by atoms with van der Waals surface area (Å²) in [5, 5.41) is 3.68. The van der Waals surface area contributed by atoms with Crippen LogP contribution in [0.5, 0.6) is 0 Å². The molecule has 2 saturated carbocycles. The van der Waals surface area contributed by atoms with Gasteiger partial charge in [0, 0.05) is 6.04 Å². The van der Waals surface area contributed by atoms with Crippen LogP contribution in [-0.4, -0.2) is 13.1 Å². The smallest absolute Gasteiger partial charge is 0.0123 e. The lowest BCUT2D eigenvalue weighted by Crippen LogP contribution is -2.43. The van der Waals surface area contributed by atoms with Crippen molar-refractivity contribution in [2.45, 2.75) is 83.6 Å². The summed E-state index contributed by atoms with van der Waals surface area (Å²) in [5.74, 6) is 1.02. The second kappa shape index (κ2) is 6.22. The Bertz CT molecular complexity index is 212. The largest absolute Gasteiger partial charge is 0.316 e. The number of nitrogens with one attached hydrogen (secondary N) is 1. The van der Waals surface area contributed by atoms with Crippen LogP contribution >= 0.6 is 0 Å². The van der Waals surface area contributed by atoms with Crippen LogP contribution in [0.3, 0.4) is 0 Å². The first kappa shape index (κ1) is 13.4. The highest BCUT2D eigenvalue weighted by atomic mass is 14.9. The standard InChI is InChI=1S/C16H31N/c1-3-16(11-7-8-12-16)15(17-2)13-14-9-5-4-6-10-14/h14-15,17H,3-13H2,1-2H3. The van der Waals surface area contributed by atoms with Gasteiger partial charge in [0.15, 0.2) is 0 Å². The maximum absolute atomic E-state index is 3.68. The predicted molar refractivity (Wildman–Crippen MR) is 75.2 cm³/mol.